The van der Waals surface area contributed by atoms with Gasteiger partial charge in [0.1, 0.15) is 24.8 Å². The summed E-state index contributed by atoms with van der Waals surface area (Å²) in [5.41, 5.74) is 2.26. The predicted octanol–water partition coefficient (Wildman–Crippen LogP) is 2.13. The van der Waals surface area contributed by atoms with Crippen LogP contribution in [0.2, 0.25) is 0 Å². The molecule has 3 fully saturated rings. The number of fused-ring (bicyclic) bond motifs is 1. The number of likely N-dealkylation sites (N-methyl/N-ethyl adjacent to an activating group) is 1. The number of amides is 2. The molecule has 1 N–H and O–H groups in total. The van der Waals surface area contributed by atoms with Gasteiger partial charge in [-0.1, -0.05) is 38.3 Å². The number of nitrogens with one attached hydrogen (secondary N) is 1. The van der Waals surface area contributed by atoms with Gasteiger partial charge in [-0.2, -0.15) is 0 Å². The predicted molar refractivity (Wildman–Crippen MR) is 151 cm³/mol. The Bertz CT molecular complexity index is 1260. The molecule has 2 aromatic rings. The number of thiazole rings is 1. The Morgan fingerprint density at radius 2 is 1.95 bits per heavy atom. The van der Waals surface area contributed by atoms with E-state index in [1.807, 2.05) is 31.4 Å². The SMILES string of the molecule is C#C[C@@H]1CN(C(=O)[C@@H](NC(=O)c2ccc(-c3csc(N4CCN(C)CC4)n3)cc2)[C@H](C)CC)[C@@H]2C(=O)CO[C@H]12. The van der Waals surface area contributed by atoms with Gasteiger partial charge in [0.2, 0.25) is 5.91 Å². The zero-order valence-electron chi connectivity index (χ0n) is 22.6. The van der Waals surface area contributed by atoms with Crippen LogP contribution in [0, 0.1) is 24.2 Å². The number of rotatable bonds is 7. The van der Waals surface area contributed by atoms with Crippen molar-refractivity contribution < 1.29 is 19.1 Å². The topological polar surface area (TPSA) is 95.1 Å². The van der Waals surface area contributed by atoms with Crippen LogP contribution in [0.1, 0.15) is 30.6 Å². The van der Waals surface area contributed by atoms with Gasteiger partial charge in [0.15, 0.2) is 10.9 Å². The maximum atomic E-state index is 13.7. The lowest BCUT2D eigenvalue weighted by Gasteiger charge is -2.32. The number of benzene rings is 1. The molecule has 9 nitrogen and oxygen atoms in total. The Hall–Kier alpha value is -3.26. The summed E-state index contributed by atoms with van der Waals surface area (Å²) in [4.78, 5) is 50.4. The molecular weight excluding hydrogens is 514 g/mol. The van der Waals surface area contributed by atoms with E-state index in [0.717, 1.165) is 42.6 Å². The number of carbonyl (C=O) groups is 3. The largest absolute Gasteiger partial charge is 0.366 e. The summed E-state index contributed by atoms with van der Waals surface area (Å²) in [5.74, 6) is 1.41. The van der Waals surface area contributed by atoms with Crippen molar-refractivity contribution >= 4 is 34.1 Å². The van der Waals surface area contributed by atoms with Crippen molar-refractivity contribution in [2.45, 2.75) is 38.5 Å². The number of piperazine rings is 1. The van der Waals surface area contributed by atoms with Crippen molar-refractivity contribution in [3.8, 4) is 23.6 Å². The minimum atomic E-state index is -0.780. The first-order valence-corrected chi connectivity index (χ1v) is 14.4. The number of ether oxygens (including phenoxy) is 1. The van der Waals surface area contributed by atoms with Gasteiger partial charge >= 0.3 is 0 Å². The third kappa shape index (κ3) is 5.44. The number of nitrogens with zero attached hydrogens (tertiary/aromatic N) is 4. The van der Waals surface area contributed by atoms with Gasteiger partial charge in [-0.3, -0.25) is 14.4 Å². The number of aromatic nitrogens is 1. The fourth-order valence-electron chi connectivity index (χ4n) is 5.45. The third-order valence-electron chi connectivity index (χ3n) is 8.16. The minimum absolute atomic E-state index is 0.0418. The zero-order valence-corrected chi connectivity index (χ0v) is 23.4. The van der Waals surface area contributed by atoms with E-state index in [9.17, 15) is 14.4 Å². The van der Waals surface area contributed by atoms with E-state index in [1.54, 1.807) is 23.5 Å². The Kier molecular flexibility index (Phi) is 8.03. The minimum Gasteiger partial charge on any atom is -0.366 e. The zero-order chi connectivity index (χ0) is 27.7. The van der Waals surface area contributed by atoms with Crippen molar-refractivity contribution in [1.82, 2.24) is 20.1 Å². The second kappa shape index (κ2) is 11.5. The summed E-state index contributed by atoms with van der Waals surface area (Å²) in [7, 11) is 2.13. The molecule has 39 heavy (non-hydrogen) atoms. The molecule has 0 bridgehead atoms. The van der Waals surface area contributed by atoms with Gasteiger partial charge < -0.3 is 24.8 Å². The second-order valence-corrected chi connectivity index (χ2v) is 11.5. The van der Waals surface area contributed by atoms with Crippen LogP contribution in [0.5, 0.6) is 0 Å². The first-order chi connectivity index (χ1) is 18.8. The smallest absolute Gasteiger partial charge is 0.251 e. The molecular formula is C29H35N5O4S. The van der Waals surface area contributed by atoms with Crippen LogP contribution >= 0.6 is 11.3 Å². The molecule has 5 atom stereocenters. The number of hydrogen-bond donors (Lipinski definition) is 1. The summed E-state index contributed by atoms with van der Waals surface area (Å²) in [6, 6.07) is 5.81. The van der Waals surface area contributed by atoms with Crippen LogP contribution in [-0.2, 0) is 14.3 Å². The highest BCUT2D eigenvalue weighted by atomic mass is 32.1. The number of Topliss-reactive ketones (excluding diaryl/α,β-unsaturated/α-hetero) is 1. The average Bonchev–Trinajstić information content (AvgIpc) is 3.68. The lowest BCUT2D eigenvalue weighted by atomic mass is 9.96. The summed E-state index contributed by atoms with van der Waals surface area (Å²) in [6.45, 7) is 8.06. The molecule has 0 spiro atoms. The van der Waals surface area contributed by atoms with E-state index < -0.39 is 18.2 Å². The molecule has 3 saturated heterocycles. The average molecular weight is 550 g/mol. The lowest BCUT2D eigenvalue weighted by molar-refractivity contribution is -0.139. The first kappa shape index (κ1) is 27.3. The van der Waals surface area contributed by atoms with E-state index in [4.69, 9.17) is 16.1 Å². The maximum absolute atomic E-state index is 13.7. The standard InChI is InChI=1S/C29H35N5O4S/c1-5-18(3)24(28(37)34-15-19(6-2)26-25(34)23(35)16-38-26)31-27(36)21-9-7-20(8-10-21)22-17-39-29(30-22)33-13-11-32(4)12-14-33/h2,7-10,17-19,24-26H,5,11-16H2,1,3-4H3,(H,31,36)/t18-,19-,24+,25-,26-/m1/s1. The van der Waals surface area contributed by atoms with Crippen LogP contribution < -0.4 is 10.2 Å². The van der Waals surface area contributed by atoms with Crippen LogP contribution in [0.3, 0.4) is 0 Å². The molecule has 1 aromatic heterocycles. The molecule has 3 aliphatic rings. The molecule has 1 aromatic carbocycles. The Morgan fingerprint density at radius 1 is 1.23 bits per heavy atom. The summed E-state index contributed by atoms with van der Waals surface area (Å²) in [5, 5.41) is 5.99. The van der Waals surface area contributed by atoms with Crippen LogP contribution in [0.15, 0.2) is 29.6 Å². The van der Waals surface area contributed by atoms with Crippen molar-refractivity contribution in [3.05, 3.63) is 35.2 Å². The highest BCUT2D eigenvalue weighted by molar-refractivity contribution is 7.14. The molecule has 0 unspecified atom stereocenters. The van der Waals surface area contributed by atoms with Crippen LogP contribution in [0.4, 0.5) is 5.13 Å². The highest BCUT2D eigenvalue weighted by Crippen LogP contribution is 2.33. The first-order valence-electron chi connectivity index (χ1n) is 13.5. The normalized spacial score (nSPS) is 24.8. The number of anilines is 1. The van der Waals surface area contributed by atoms with E-state index >= 15 is 0 Å². The van der Waals surface area contributed by atoms with Gasteiger partial charge in [0, 0.05) is 49.2 Å². The number of ketones is 1. The van der Waals surface area contributed by atoms with Crippen molar-refractivity contribution in [2.24, 2.45) is 11.8 Å². The molecule has 10 heteroatoms. The molecule has 0 saturated carbocycles. The fraction of sp³-hybridized carbons (Fsp3) is 0.517. The van der Waals surface area contributed by atoms with Gasteiger partial charge in [0.05, 0.1) is 11.6 Å². The summed E-state index contributed by atoms with van der Waals surface area (Å²) < 4.78 is 5.60. The molecule has 5 rings (SSSR count). The number of carbonyl (C=O) groups excluding carboxylic acids is 3. The molecule has 4 heterocycles. The molecule has 206 valence electrons. The van der Waals surface area contributed by atoms with Gasteiger partial charge in [-0.25, -0.2) is 4.98 Å². The number of hydrogen-bond acceptors (Lipinski definition) is 8. The molecule has 2 amide bonds. The van der Waals surface area contributed by atoms with E-state index in [0.29, 0.717) is 12.0 Å². The number of likely N-dealkylation sites (tertiary alicyclic amines) is 1. The maximum Gasteiger partial charge on any atom is 0.251 e. The van der Waals surface area contributed by atoms with Gasteiger partial charge in [0.25, 0.3) is 5.91 Å². The highest BCUT2D eigenvalue weighted by Gasteiger charge is 2.53. The monoisotopic (exact) mass is 549 g/mol. The van der Waals surface area contributed by atoms with E-state index in [-0.39, 0.29) is 42.6 Å². The quantitative estimate of drug-likeness (QED) is 0.529. The summed E-state index contributed by atoms with van der Waals surface area (Å²) >= 11 is 1.63. The summed E-state index contributed by atoms with van der Waals surface area (Å²) in [6.07, 6.45) is 5.86. The van der Waals surface area contributed by atoms with Crippen LogP contribution in [-0.4, -0.2) is 96.9 Å². The van der Waals surface area contributed by atoms with Crippen LogP contribution in [0.25, 0.3) is 11.3 Å². The lowest BCUT2D eigenvalue weighted by Crippen LogP contribution is -2.54. The Morgan fingerprint density at radius 3 is 2.62 bits per heavy atom. The second-order valence-electron chi connectivity index (χ2n) is 10.7. The molecule has 3 aliphatic heterocycles. The Balaban J connectivity index is 1.27. The molecule has 0 radical (unpaired) electrons. The van der Waals surface area contributed by atoms with Crippen molar-refractivity contribution in [1.29, 1.82) is 0 Å². The van der Waals surface area contributed by atoms with Gasteiger partial charge in [-0.15, -0.1) is 17.8 Å². The molecule has 0 aliphatic carbocycles. The third-order valence-corrected chi connectivity index (χ3v) is 9.06. The van der Waals surface area contributed by atoms with E-state index in [1.165, 1.54) is 4.90 Å². The Labute approximate surface area is 233 Å². The van der Waals surface area contributed by atoms with E-state index in [2.05, 4.69) is 28.1 Å². The number of terminal acetylenes is 1. The van der Waals surface area contributed by atoms with Gasteiger partial charge in [-0.05, 0) is 25.1 Å². The van der Waals surface area contributed by atoms with Crippen molar-refractivity contribution in [2.75, 3.05) is 51.3 Å². The van der Waals surface area contributed by atoms with Crippen molar-refractivity contribution in [3.63, 3.8) is 0 Å². The fourth-order valence-corrected chi connectivity index (χ4v) is 6.34.